The fourth-order valence-electron chi connectivity index (χ4n) is 1.51. The number of benzene rings is 1. The molecule has 0 fully saturated rings. The summed E-state index contributed by atoms with van der Waals surface area (Å²) in [6.07, 6.45) is 0.111. The third-order valence-corrected chi connectivity index (χ3v) is 2.64. The first-order valence-corrected chi connectivity index (χ1v) is 6.41. The van der Waals surface area contributed by atoms with Gasteiger partial charge in [-0.3, -0.25) is 14.4 Å². The molecule has 0 aliphatic carbocycles. The van der Waals surface area contributed by atoms with Crippen molar-refractivity contribution in [2.24, 2.45) is 11.5 Å². The fraction of sp³-hybridized carbons (Fsp3) is 0.357. The minimum atomic E-state index is -1.53. The first-order valence-electron chi connectivity index (χ1n) is 6.41. The van der Waals surface area contributed by atoms with Crippen molar-refractivity contribution in [3.63, 3.8) is 0 Å². The van der Waals surface area contributed by atoms with E-state index >= 15 is 0 Å². The van der Waals surface area contributed by atoms with Gasteiger partial charge in [0.1, 0.15) is 0 Å². The van der Waals surface area contributed by atoms with E-state index in [0.29, 0.717) is 6.61 Å². The van der Waals surface area contributed by atoms with Gasteiger partial charge in [0.05, 0.1) is 12.7 Å². The predicted molar refractivity (Wildman–Crippen MR) is 76.0 cm³/mol. The maximum atomic E-state index is 11.9. The summed E-state index contributed by atoms with van der Waals surface area (Å²) in [5.74, 6) is -2.61. The SMILES string of the molecule is CC(C)OCc1ccc(C(=O)NC(C(N)=O)C(N)=O)cc1. The molecule has 5 N–H and O–H groups in total. The second-order valence-electron chi connectivity index (χ2n) is 4.77. The summed E-state index contributed by atoms with van der Waals surface area (Å²) in [5, 5.41) is 2.18. The number of ether oxygens (including phenoxy) is 1. The number of hydrogen-bond donors (Lipinski definition) is 3. The van der Waals surface area contributed by atoms with Crippen molar-refractivity contribution in [2.45, 2.75) is 32.6 Å². The van der Waals surface area contributed by atoms with Gasteiger partial charge < -0.3 is 21.5 Å². The highest BCUT2D eigenvalue weighted by molar-refractivity contribution is 6.08. The zero-order valence-corrected chi connectivity index (χ0v) is 12.0. The lowest BCUT2D eigenvalue weighted by Gasteiger charge is -2.12. The van der Waals surface area contributed by atoms with Crippen LogP contribution < -0.4 is 16.8 Å². The zero-order valence-electron chi connectivity index (χ0n) is 12.0. The van der Waals surface area contributed by atoms with Crippen molar-refractivity contribution in [2.75, 3.05) is 0 Å². The van der Waals surface area contributed by atoms with Gasteiger partial charge in [0.25, 0.3) is 5.91 Å². The third kappa shape index (κ3) is 5.23. The van der Waals surface area contributed by atoms with Crippen LogP contribution in [0.2, 0.25) is 0 Å². The van der Waals surface area contributed by atoms with Crippen LogP contribution >= 0.6 is 0 Å². The Balaban J connectivity index is 2.70. The van der Waals surface area contributed by atoms with Crippen molar-refractivity contribution in [3.05, 3.63) is 35.4 Å². The van der Waals surface area contributed by atoms with E-state index in [1.54, 1.807) is 24.3 Å². The lowest BCUT2D eigenvalue weighted by molar-refractivity contribution is -0.128. The summed E-state index contributed by atoms with van der Waals surface area (Å²) in [6.45, 7) is 4.29. The molecule has 3 amide bonds. The van der Waals surface area contributed by atoms with E-state index in [1.165, 1.54) is 0 Å². The lowest BCUT2D eigenvalue weighted by atomic mass is 10.1. The molecule has 0 unspecified atom stereocenters. The Morgan fingerprint density at radius 3 is 2.05 bits per heavy atom. The number of hydrogen-bond acceptors (Lipinski definition) is 4. The Kier molecular flexibility index (Phi) is 5.86. The molecule has 114 valence electrons. The average molecular weight is 293 g/mol. The van der Waals surface area contributed by atoms with Crippen molar-refractivity contribution < 1.29 is 19.1 Å². The standard InChI is InChI=1S/C14H19N3O4/c1-8(2)21-7-9-3-5-10(6-4-9)14(20)17-11(12(15)18)13(16)19/h3-6,8,11H,7H2,1-2H3,(H2,15,18)(H2,16,19)(H,17,20). The summed E-state index contributed by atoms with van der Waals surface area (Å²) in [4.78, 5) is 33.9. The Bertz CT molecular complexity index is 512. The molecule has 0 bridgehead atoms. The summed E-state index contributed by atoms with van der Waals surface area (Å²) in [7, 11) is 0. The monoisotopic (exact) mass is 293 g/mol. The number of carbonyl (C=O) groups excluding carboxylic acids is 3. The van der Waals surface area contributed by atoms with Crippen LogP contribution in [0.1, 0.15) is 29.8 Å². The van der Waals surface area contributed by atoms with Gasteiger partial charge in [-0.1, -0.05) is 12.1 Å². The van der Waals surface area contributed by atoms with Gasteiger partial charge in [0.2, 0.25) is 11.8 Å². The molecule has 7 heteroatoms. The first kappa shape index (κ1) is 16.6. The topological polar surface area (TPSA) is 125 Å². The highest BCUT2D eigenvalue weighted by Crippen LogP contribution is 2.07. The second kappa shape index (κ2) is 7.39. The summed E-state index contributed by atoms with van der Waals surface area (Å²) in [6, 6.07) is 5.05. The smallest absolute Gasteiger partial charge is 0.252 e. The van der Waals surface area contributed by atoms with Crippen LogP contribution in [0.15, 0.2) is 24.3 Å². The maximum absolute atomic E-state index is 11.9. The molecule has 21 heavy (non-hydrogen) atoms. The van der Waals surface area contributed by atoms with Crippen molar-refractivity contribution >= 4 is 17.7 Å². The van der Waals surface area contributed by atoms with Gasteiger partial charge in [0.15, 0.2) is 6.04 Å². The maximum Gasteiger partial charge on any atom is 0.252 e. The van der Waals surface area contributed by atoms with Gasteiger partial charge >= 0.3 is 0 Å². The van der Waals surface area contributed by atoms with Gasteiger partial charge in [-0.15, -0.1) is 0 Å². The number of amides is 3. The number of carbonyl (C=O) groups is 3. The second-order valence-corrected chi connectivity index (χ2v) is 4.77. The molecule has 0 heterocycles. The highest BCUT2D eigenvalue weighted by Gasteiger charge is 2.24. The molecule has 0 saturated carbocycles. The molecule has 0 aliphatic rings. The molecule has 7 nitrogen and oxygen atoms in total. The average Bonchev–Trinajstić information content (AvgIpc) is 2.42. The third-order valence-electron chi connectivity index (χ3n) is 2.64. The van der Waals surface area contributed by atoms with Crippen molar-refractivity contribution in [1.82, 2.24) is 5.32 Å². The summed E-state index contributed by atoms with van der Waals surface area (Å²) >= 11 is 0. The minimum absolute atomic E-state index is 0.111. The van der Waals surface area contributed by atoms with Crippen molar-refractivity contribution in [1.29, 1.82) is 0 Å². The van der Waals surface area contributed by atoms with Gasteiger partial charge in [0, 0.05) is 5.56 Å². The predicted octanol–water partition coefficient (Wildman–Crippen LogP) is -0.319. The van der Waals surface area contributed by atoms with Crippen LogP contribution in [0.3, 0.4) is 0 Å². The molecule has 0 spiro atoms. The molecular formula is C14H19N3O4. The van der Waals surface area contributed by atoms with Crippen LogP contribution in [0.4, 0.5) is 0 Å². The molecular weight excluding hydrogens is 274 g/mol. The van der Waals surface area contributed by atoms with Crippen LogP contribution in [0.5, 0.6) is 0 Å². The summed E-state index contributed by atoms with van der Waals surface area (Å²) in [5.41, 5.74) is 11.2. The Morgan fingerprint density at radius 2 is 1.62 bits per heavy atom. The molecule has 1 rings (SSSR count). The zero-order chi connectivity index (χ0) is 16.0. The number of nitrogens with two attached hydrogens (primary N) is 2. The normalized spacial score (nSPS) is 10.7. The molecule has 0 radical (unpaired) electrons. The highest BCUT2D eigenvalue weighted by atomic mass is 16.5. The number of rotatable bonds is 7. The van der Waals surface area contributed by atoms with E-state index in [2.05, 4.69) is 5.32 Å². The van der Waals surface area contributed by atoms with Crippen LogP contribution in [-0.4, -0.2) is 29.9 Å². The number of nitrogens with one attached hydrogen (secondary N) is 1. The molecule has 0 saturated heterocycles. The van der Waals surface area contributed by atoms with E-state index in [0.717, 1.165) is 5.56 Å². The van der Waals surface area contributed by atoms with E-state index in [1.807, 2.05) is 13.8 Å². The molecule has 0 aromatic heterocycles. The minimum Gasteiger partial charge on any atom is -0.374 e. The Hall–Kier alpha value is -2.41. The molecule has 0 aliphatic heterocycles. The van der Waals surface area contributed by atoms with Crippen LogP contribution in [-0.2, 0) is 20.9 Å². The first-order chi connectivity index (χ1) is 9.81. The quantitative estimate of drug-likeness (QED) is 0.596. The number of primary amides is 2. The Morgan fingerprint density at radius 1 is 1.10 bits per heavy atom. The lowest BCUT2D eigenvalue weighted by Crippen LogP contribution is -2.52. The van der Waals surface area contributed by atoms with E-state index in [-0.39, 0.29) is 11.7 Å². The molecule has 0 atom stereocenters. The van der Waals surface area contributed by atoms with Gasteiger partial charge in [-0.2, -0.15) is 0 Å². The Labute approximate surface area is 122 Å². The van der Waals surface area contributed by atoms with Gasteiger partial charge in [-0.05, 0) is 31.5 Å². The largest absolute Gasteiger partial charge is 0.374 e. The van der Waals surface area contributed by atoms with Crippen LogP contribution in [0.25, 0.3) is 0 Å². The molecule has 1 aromatic rings. The van der Waals surface area contributed by atoms with Crippen molar-refractivity contribution in [3.8, 4) is 0 Å². The van der Waals surface area contributed by atoms with E-state index in [9.17, 15) is 14.4 Å². The molecule has 1 aromatic carbocycles. The van der Waals surface area contributed by atoms with Gasteiger partial charge in [-0.25, -0.2) is 0 Å². The van der Waals surface area contributed by atoms with E-state index < -0.39 is 23.8 Å². The summed E-state index contributed by atoms with van der Waals surface area (Å²) < 4.78 is 5.43. The van der Waals surface area contributed by atoms with E-state index in [4.69, 9.17) is 16.2 Å². The fourth-order valence-corrected chi connectivity index (χ4v) is 1.51. The van der Waals surface area contributed by atoms with Crippen LogP contribution in [0, 0.1) is 0 Å².